The topological polar surface area (TPSA) is 48.4 Å². The van der Waals surface area contributed by atoms with Gasteiger partial charge in [-0.3, -0.25) is 14.6 Å². The Hall–Kier alpha value is -1.83. The van der Waals surface area contributed by atoms with E-state index in [1.165, 1.54) is 16.2 Å². The minimum Gasteiger partial charge on any atom is -0.318 e. The van der Waals surface area contributed by atoms with Gasteiger partial charge in [0.25, 0.3) is 5.91 Å². The summed E-state index contributed by atoms with van der Waals surface area (Å²) >= 11 is 1.75. The second-order valence-corrected chi connectivity index (χ2v) is 8.95. The van der Waals surface area contributed by atoms with Crippen LogP contribution in [0.25, 0.3) is 0 Å². The van der Waals surface area contributed by atoms with Crippen LogP contribution in [0.3, 0.4) is 0 Å². The van der Waals surface area contributed by atoms with Gasteiger partial charge >= 0.3 is 0 Å². The Labute approximate surface area is 176 Å². The first-order chi connectivity index (χ1) is 14.2. The molecule has 1 unspecified atom stereocenters. The van der Waals surface area contributed by atoms with Crippen LogP contribution in [0.5, 0.6) is 0 Å². The van der Waals surface area contributed by atoms with Gasteiger partial charge in [-0.05, 0) is 60.7 Å². The van der Waals surface area contributed by atoms with E-state index < -0.39 is 0 Å². The highest BCUT2D eigenvalue weighted by Gasteiger charge is 2.41. The standard InChI is InChI=1S/C22H28N4O2S/c1-3-24(4-2)28-21-17-8-6-5-7-16(17)20(27)26(21)14-15-9-10-19-18(13-15)25-12-11-23-22(25)29-19/h9-10,13,21H,3-8,11-12,14H2,1-2H3. The minimum absolute atomic E-state index is 0.162. The number of benzene rings is 1. The monoisotopic (exact) mass is 412 g/mol. The van der Waals surface area contributed by atoms with Gasteiger partial charge in [0.2, 0.25) is 0 Å². The average molecular weight is 413 g/mol. The van der Waals surface area contributed by atoms with Crippen LogP contribution >= 0.6 is 11.8 Å². The zero-order valence-corrected chi connectivity index (χ0v) is 18.0. The molecule has 0 bridgehead atoms. The number of rotatable bonds is 6. The second-order valence-electron chi connectivity index (χ2n) is 7.94. The van der Waals surface area contributed by atoms with Crippen molar-refractivity contribution < 1.29 is 9.63 Å². The summed E-state index contributed by atoms with van der Waals surface area (Å²) < 4.78 is 0. The summed E-state index contributed by atoms with van der Waals surface area (Å²) in [4.78, 5) is 29.7. The van der Waals surface area contributed by atoms with Crippen LogP contribution in [0, 0.1) is 0 Å². The van der Waals surface area contributed by atoms with Crippen LogP contribution in [0.1, 0.15) is 45.1 Å². The van der Waals surface area contributed by atoms with E-state index >= 15 is 0 Å². The van der Waals surface area contributed by atoms with Gasteiger partial charge in [0.1, 0.15) is 0 Å². The van der Waals surface area contributed by atoms with Crippen molar-refractivity contribution in [3.05, 3.63) is 34.9 Å². The molecule has 3 aliphatic heterocycles. The summed E-state index contributed by atoms with van der Waals surface area (Å²) in [5.41, 5.74) is 4.59. The molecule has 0 radical (unpaired) electrons. The number of carbonyl (C=O) groups is 1. The Morgan fingerprint density at radius 3 is 2.90 bits per heavy atom. The van der Waals surface area contributed by atoms with Crippen LogP contribution in [0.2, 0.25) is 0 Å². The van der Waals surface area contributed by atoms with Crippen molar-refractivity contribution in [2.45, 2.75) is 57.2 Å². The number of carbonyl (C=O) groups excluding carboxylic acids is 1. The molecular formula is C22H28N4O2S. The molecule has 1 atom stereocenters. The fourth-order valence-electron chi connectivity index (χ4n) is 4.69. The van der Waals surface area contributed by atoms with Gasteiger partial charge in [-0.25, -0.2) is 0 Å². The fourth-order valence-corrected chi connectivity index (χ4v) is 5.76. The van der Waals surface area contributed by atoms with Crippen molar-refractivity contribution in [1.82, 2.24) is 9.96 Å². The summed E-state index contributed by atoms with van der Waals surface area (Å²) in [6.45, 7) is 8.20. The van der Waals surface area contributed by atoms with E-state index in [1.807, 2.05) is 9.96 Å². The van der Waals surface area contributed by atoms with Crippen molar-refractivity contribution >= 4 is 28.5 Å². The maximum absolute atomic E-state index is 13.3. The van der Waals surface area contributed by atoms with Crippen LogP contribution in [0.15, 0.2) is 39.2 Å². The lowest BCUT2D eigenvalue weighted by Crippen LogP contribution is -2.41. The Bertz CT molecular complexity index is 893. The number of fused-ring (bicyclic) bond motifs is 3. The molecular weight excluding hydrogens is 384 g/mol. The van der Waals surface area contributed by atoms with E-state index in [2.05, 4.69) is 41.9 Å². The van der Waals surface area contributed by atoms with Crippen molar-refractivity contribution in [2.24, 2.45) is 4.99 Å². The fraction of sp³-hybridized carbons (Fsp3) is 0.545. The van der Waals surface area contributed by atoms with Gasteiger partial charge in [0.05, 0.1) is 12.2 Å². The Kier molecular flexibility index (Phi) is 5.14. The van der Waals surface area contributed by atoms with E-state index in [0.29, 0.717) is 6.54 Å². The molecule has 0 saturated carbocycles. The smallest absolute Gasteiger partial charge is 0.252 e. The molecule has 5 rings (SSSR count). The first-order valence-corrected chi connectivity index (χ1v) is 11.6. The number of hydroxylamine groups is 2. The van der Waals surface area contributed by atoms with Crippen molar-refractivity contribution in [1.29, 1.82) is 0 Å². The zero-order chi connectivity index (χ0) is 20.0. The molecule has 4 aliphatic rings. The number of hydrogen-bond donors (Lipinski definition) is 0. The summed E-state index contributed by atoms with van der Waals surface area (Å²) in [7, 11) is 0. The molecule has 0 saturated heterocycles. The number of nitrogens with zero attached hydrogens (tertiary/aromatic N) is 4. The maximum Gasteiger partial charge on any atom is 0.252 e. The number of aliphatic imine (C=N–C) groups is 1. The lowest BCUT2D eigenvalue weighted by molar-refractivity contribution is -0.219. The number of thioether (sulfide) groups is 1. The molecule has 7 heteroatoms. The molecule has 1 aliphatic carbocycles. The van der Waals surface area contributed by atoms with E-state index in [-0.39, 0.29) is 12.1 Å². The van der Waals surface area contributed by atoms with Gasteiger partial charge in [-0.1, -0.05) is 19.9 Å². The van der Waals surface area contributed by atoms with Gasteiger partial charge in [-0.15, -0.1) is 0 Å². The van der Waals surface area contributed by atoms with Gasteiger partial charge in [-0.2, -0.15) is 5.06 Å². The lowest BCUT2D eigenvalue weighted by Gasteiger charge is -2.31. The van der Waals surface area contributed by atoms with Gasteiger partial charge in [0, 0.05) is 36.6 Å². The Morgan fingerprint density at radius 2 is 2.07 bits per heavy atom. The van der Waals surface area contributed by atoms with E-state index in [9.17, 15) is 4.79 Å². The Balaban J connectivity index is 1.41. The normalized spacial score (nSPS) is 23.1. The quantitative estimate of drug-likeness (QED) is 0.666. The molecule has 6 nitrogen and oxygen atoms in total. The first kappa shape index (κ1) is 19.2. The maximum atomic E-state index is 13.3. The minimum atomic E-state index is -0.260. The number of hydrogen-bond acceptors (Lipinski definition) is 6. The molecule has 154 valence electrons. The third-order valence-electron chi connectivity index (χ3n) is 6.23. The molecule has 29 heavy (non-hydrogen) atoms. The molecule has 1 aromatic carbocycles. The largest absolute Gasteiger partial charge is 0.318 e. The van der Waals surface area contributed by atoms with Crippen LogP contribution < -0.4 is 4.90 Å². The molecule has 0 N–H and O–H groups in total. The van der Waals surface area contributed by atoms with Crippen LogP contribution in [0.4, 0.5) is 5.69 Å². The Morgan fingerprint density at radius 1 is 1.24 bits per heavy atom. The van der Waals surface area contributed by atoms with E-state index in [4.69, 9.17) is 4.84 Å². The predicted molar refractivity (Wildman–Crippen MR) is 116 cm³/mol. The predicted octanol–water partition coefficient (Wildman–Crippen LogP) is 3.78. The SMILES string of the molecule is CCN(CC)OC1C2=C(CCCC2)C(=O)N1Cc1ccc2c(c1)N1CCN=C1S2. The summed E-state index contributed by atoms with van der Waals surface area (Å²) in [6, 6.07) is 6.55. The highest BCUT2D eigenvalue weighted by Crippen LogP contribution is 2.43. The summed E-state index contributed by atoms with van der Waals surface area (Å²) in [5, 5.41) is 3.07. The van der Waals surface area contributed by atoms with Gasteiger partial charge < -0.3 is 9.80 Å². The highest BCUT2D eigenvalue weighted by molar-refractivity contribution is 8.14. The molecule has 3 heterocycles. The number of amides is 1. The summed E-state index contributed by atoms with van der Waals surface area (Å²) in [6.07, 6.45) is 3.84. The summed E-state index contributed by atoms with van der Waals surface area (Å²) in [5.74, 6) is 0.162. The van der Waals surface area contributed by atoms with Crippen LogP contribution in [-0.4, -0.2) is 53.4 Å². The molecule has 0 spiro atoms. The lowest BCUT2D eigenvalue weighted by atomic mass is 9.93. The van der Waals surface area contributed by atoms with Crippen LogP contribution in [-0.2, 0) is 16.2 Å². The van der Waals surface area contributed by atoms with Gasteiger partial charge in [0.15, 0.2) is 11.4 Å². The average Bonchev–Trinajstić information content (AvgIpc) is 3.40. The molecule has 0 fully saturated rings. The van der Waals surface area contributed by atoms with Crippen molar-refractivity contribution in [2.75, 3.05) is 31.1 Å². The second kappa shape index (κ2) is 7.78. The molecule has 1 amide bonds. The molecule has 0 aromatic heterocycles. The third-order valence-corrected chi connectivity index (χ3v) is 7.33. The molecule has 1 aromatic rings. The van der Waals surface area contributed by atoms with Crippen molar-refractivity contribution in [3.63, 3.8) is 0 Å². The number of amidine groups is 1. The number of anilines is 1. The van der Waals surface area contributed by atoms with E-state index in [1.54, 1.807) is 11.8 Å². The highest BCUT2D eigenvalue weighted by atomic mass is 32.2. The first-order valence-electron chi connectivity index (χ1n) is 10.8. The van der Waals surface area contributed by atoms with Crippen molar-refractivity contribution in [3.8, 4) is 0 Å². The third kappa shape index (κ3) is 3.29. The zero-order valence-electron chi connectivity index (χ0n) is 17.2. The van der Waals surface area contributed by atoms with E-state index in [0.717, 1.165) is 68.2 Å².